The van der Waals surface area contributed by atoms with Crippen molar-refractivity contribution in [1.82, 2.24) is 13.7 Å². The Balaban J connectivity index is 0.779. The summed E-state index contributed by atoms with van der Waals surface area (Å²) in [7, 11) is 0. The van der Waals surface area contributed by atoms with Gasteiger partial charge in [-0.2, -0.15) is 0 Å². The predicted molar refractivity (Wildman–Crippen MR) is 534 cm³/mol. The van der Waals surface area contributed by atoms with Crippen molar-refractivity contribution in [3.8, 4) is 28.6 Å². The lowest BCUT2D eigenvalue weighted by Gasteiger charge is -2.46. The smallest absolute Gasteiger partial charge is 0.264 e. The summed E-state index contributed by atoms with van der Waals surface area (Å²) in [5.41, 5.74) is -0.150. The van der Waals surface area contributed by atoms with E-state index in [0.717, 1.165) is 77.5 Å². The van der Waals surface area contributed by atoms with Gasteiger partial charge in [0.2, 0.25) is 0 Å². The van der Waals surface area contributed by atoms with E-state index in [4.69, 9.17) is 4.74 Å². The summed E-state index contributed by atoms with van der Waals surface area (Å²) in [4.78, 5) is 6.86. The topological polar surface area (TPSA) is 40.2 Å². The van der Waals surface area contributed by atoms with E-state index in [-0.39, 0.29) is 162 Å². The summed E-state index contributed by atoms with van der Waals surface area (Å²) in [6, 6.07) is 80.1. The molecule has 0 spiro atoms. The summed E-state index contributed by atoms with van der Waals surface area (Å²) in [6.07, 6.45) is 0. The van der Waals surface area contributed by atoms with Crippen LogP contribution in [0.2, 0.25) is 0 Å². The van der Waals surface area contributed by atoms with E-state index in [1.165, 1.54) is 135 Å². The largest absolute Gasteiger partial charge is 0.458 e. The molecule has 0 radical (unpaired) electrons. The third kappa shape index (κ3) is 10.7. The number of nitrogens with zero attached hydrogens (tertiary/aromatic N) is 8. The van der Waals surface area contributed by atoms with Crippen molar-refractivity contribution >= 4 is 262 Å². The van der Waals surface area contributed by atoms with Crippen molar-refractivity contribution in [3.63, 3.8) is 0 Å². The molecule has 0 unspecified atom stereocenters. The highest BCUT2D eigenvalue weighted by molar-refractivity contribution is 7.34. The van der Waals surface area contributed by atoms with Crippen LogP contribution in [0.15, 0.2) is 322 Å². The monoisotopic (exact) mass is 1890 g/mol. The van der Waals surface area contributed by atoms with Crippen LogP contribution in [0.25, 0.3) is 103 Å². The Hall–Kier alpha value is -16.7. The number of hydrogen-bond donors (Lipinski definition) is 0. The Labute approximate surface area is 792 Å². The molecular formula is C112H53B3F14N8OS2. The summed E-state index contributed by atoms with van der Waals surface area (Å²) >= 11 is 2.53. The fourth-order valence-electron chi connectivity index (χ4n) is 23.4. The summed E-state index contributed by atoms with van der Waals surface area (Å²) in [5.74, 6) is -14.1. The van der Waals surface area contributed by atoms with Crippen LogP contribution in [-0.2, 0) is 0 Å². The zero-order valence-electron chi connectivity index (χ0n) is 71.9. The molecule has 23 aromatic rings. The number of para-hydroxylation sites is 11. The van der Waals surface area contributed by atoms with Crippen LogP contribution in [0.4, 0.5) is 147 Å². The molecule has 11 heterocycles. The quantitative estimate of drug-likeness (QED) is 0.112. The van der Waals surface area contributed by atoms with Gasteiger partial charge in [-0.05, 0) is 184 Å². The maximum atomic E-state index is 18.7. The van der Waals surface area contributed by atoms with Gasteiger partial charge in [0, 0.05) is 120 Å². The normalized spacial score (nSPS) is 13.6. The van der Waals surface area contributed by atoms with Gasteiger partial charge in [0.25, 0.3) is 20.1 Å². The van der Waals surface area contributed by atoms with E-state index in [1.54, 1.807) is 109 Å². The van der Waals surface area contributed by atoms with Gasteiger partial charge in [0.1, 0.15) is 121 Å². The Morgan fingerprint density at radius 2 is 0.479 bits per heavy atom. The van der Waals surface area contributed by atoms with E-state index in [9.17, 15) is 0 Å². The number of thiophene rings is 2. The maximum Gasteiger partial charge on any atom is 0.264 e. The van der Waals surface area contributed by atoms with Crippen LogP contribution in [0.3, 0.4) is 0 Å². The number of anilines is 15. The molecule has 6 aliphatic heterocycles. The SMILES string of the molecule is Fc1cccc(F)c1N1c2cc3c(cc2B2c4cc5c(cc4Oc4cc(-n6c7ccccc7c7ccccc76)cc1c42)N(c1c(F)cccc1F)c1cc(-n2c4c(F)cccc4c4cccc(F)c42)cc2c1B5c1sc4ccccc4c1N2c1c(F)cccc1F)B1c2sc4ccccc4c2N(c2c(F)cccc2F)c2cc(-n4c5c(F)cccc5c5cccc(F)c54)cc(c21)N3c1c(F)cccc1F. The van der Waals surface area contributed by atoms with Gasteiger partial charge in [-0.25, -0.2) is 61.5 Å². The van der Waals surface area contributed by atoms with E-state index >= 15 is 61.5 Å². The van der Waals surface area contributed by atoms with Crippen LogP contribution in [-0.4, -0.2) is 33.8 Å². The maximum absolute atomic E-state index is 18.7. The number of rotatable bonds is 8. The highest BCUT2D eigenvalue weighted by Crippen LogP contribution is 2.58. The fraction of sp³-hybridized carbons (Fsp3) is 0. The lowest BCUT2D eigenvalue weighted by atomic mass is 9.30. The highest BCUT2D eigenvalue weighted by Gasteiger charge is 2.54. The summed E-state index contributed by atoms with van der Waals surface area (Å²) < 4.78 is 268. The van der Waals surface area contributed by atoms with Gasteiger partial charge >= 0.3 is 0 Å². The minimum absolute atomic E-state index is 0.00424. The second kappa shape index (κ2) is 29.0. The van der Waals surface area contributed by atoms with Gasteiger partial charge in [0.15, 0.2) is 0 Å². The van der Waals surface area contributed by atoms with Crippen LogP contribution in [0.5, 0.6) is 11.5 Å². The average molecular weight is 1890 g/mol. The molecule has 0 atom stereocenters. The van der Waals surface area contributed by atoms with Crippen molar-refractivity contribution in [1.29, 1.82) is 0 Å². The van der Waals surface area contributed by atoms with Gasteiger partial charge in [0.05, 0.1) is 61.5 Å². The van der Waals surface area contributed by atoms with E-state index in [1.807, 2.05) is 71.3 Å². The number of hydrogen-bond acceptors (Lipinski definition) is 8. The molecule has 0 N–H and O–H groups in total. The highest BCUT2D eigenvalue weighted by atomic mass is 32.1. The lowest BCUT2D eigenvalue weighted by molar-refractivity contribution is 0.487. The summed E-state index contributed by atoms with van der Waals surface area (Å²) in [5, 5.41) is 3.62. The molecule has 0 fully saturated rings. The van der Waals surface area contributed by atoms with Crippen molar-refractivity contribution in [2.75, 3.05) is 24.5 Å². The summed E-state index contributed by atoms with van der Waals surface area (Å²) in [6.45, 7) is -3.73. The molecule has 9 nitrogen and oxygen atoms in total. The second-order valence-electron chi connectivity index (χ2n) is 35.7. The van der Waals surface area contributed by atoms with Crippen LogP contribution >= 0.6 is 22.7 Å². The van der Waals surface area contributed by atoms with E-state index in [0.29, 0.717) is 46.4 Å². The molecule has 666 valence electrons. The first-order valence-corrected chi connectivity index (χ1v) is 46.5. The Kier molecular flexibility index (Phi) is 16.7. The number of fused-ring (bicyclic) bond motifs is 25. The number of aromatic nitrogens is 3. The van der Waals surface area contributed by atoms with Crippen LogP contribution < -0.4 is 77.0 Å². The minimum Gasteiger partial charge on any atom is -0.458 e. The van der Waals surface area contributed by atoms with Crippen LogP contribution in [0, 0.1) is 81.4 Å². The average Bonchev–Trinajstić information content (AvgIpc) is 0.817. The lowest BCUT2D eigenvalue weighted by Crippen LogP contribution is -2.65. The van der Waals surface area contributed by atoms with E-state index in [2.05, 4.69) is 0 Å². The molecular weight excluding hydrogens is 1840 g/mol. The van der Waals surface area contributed by atoms with Crippen molar-refractivity contribution in [2.45, 2.75) is 0 Å². The minimum atomic E-state index is -1.31. The fourth-order valence-corrected chi connectivity index (χ4v) is 26.1. The molecule has 29 rings (SSSR count). The number of ether oxygens (including phenoxy) is 1. The Bertz CT molecular complexity index is 9380. The molecule has 0 saturated carbocycles. The van der Waals surface area contributed by atoms with Gasteiger partial charge in [-0.1, -0.05) is 164 Å². The first-order chi connectivity index (χ1) is 68.3. The Morgan fingerprint density at radius 1 is 0.200 bits per heavy atom. The molecule has 140 heavy (non-hydrogen) atoms. The van der Waals surface area contributed by atoms with Gasteiger partial charge in [-0.3, -0.25) is 0 Å². The van der Waals surface area contributed by atoms with Crippen molar-refractivity contribution in [2.24, 2.45) is 0 Å². The number of benzene rings is 18. The standard InChI is InChI=1S/C112H53B3F14N8OS2/c116-69-26-9-22-59-60-23-10-27-70(117)101(60)131(100(59)69)54-44-88-97-90(46-54)136(109-79(126)36-16-37-80(109)127)104-63-20-3-7-42-95(63)139-111(104)114(97)66-50-65-85(52-86(66)133(88)106-73(120)30-13-31-74(106)121)134(107-75(122)32-14-33-76(107)123)92-48-56(130-83-40-5-1-18-57(83)58-19-2-6-41-84(58)130)49-94-99(92)113(65)68-51-67-87(53-93(68)138-94)135(108-77(124)34-15-35-78(108)125)89-45-55(132-102-61(24-11-28-71(102)118)62-25-12-29-72(119)103(62)132)47-91-98(89)115(67)112-105(64-21-4-8-43-96(64)140-112)137(91)110-81(128)38-17-39-82(110)129/h1-53H. The second-order valence-corrected chi connectivity index (χ2v) is 37.9. The first-order valence-electron chi connectivity index (χ1n) is 44.9. The molecule has 28 heteroatoms. The molecule has 18 aromatic carbocycles. The third-order valence-corrected chi connectivity index (χ3v) is 31.1. The van der Waals surface area contributed by atoms with Crippen LogP contribution in [0.1, 0.15) is 0 Å². The van der Waals surface area contributed by atoms with Gasteiger partial charge < -0.3 is 42.9 Å². The van der Waals surface area contributed by atoms with Crippen molar-refractivity contribution < 1.29 is 66.2 Å². The third-order valence-electron chi connectivity index (χ3n) is 28.7. The van der Waals surface area contributed by atoms with Gasteiger partial charge in [-0.15, -0.1) is 22.7 Å². The van der Waals surface area contributed by atoms with Crippen molar-refractivity contribution in [3.05, 3.63) is 403 Å². The van der Waals surface area contributed by atoms with E-state index < -0.39 is 130 Å². The molecule has 0 amide bonds. The molecule has 0 aliphatic carbocycles. The molecule has 0 saturated heterocycles. The molecule has 0 bridgehead atoms. The predicted octanol–water partition coefficient (Wildman–Crippen LogP) is 25.9. The number of halogens is 14. The zero-order chi connectivity index (χ0) is 94.0. The molecule has 5 aromatic heterocycles. The Morgan fingerprint density at radius 3 is 0.850 bits per heavy atom. The zero-order valence-corrected chi connectivity index (χ0v) is 73.6. The molecule has 6 aliphatic rings. The first kappa shape index (κ1) is 80.6.